The van der Waals surface area contributed by atoms with Crippen LogP contribution in [0.4, 0.5) is 5.95 Å². The van der Waals surface area contributed by atoms with Gasteiger partial charge < -0.3 is 10.2 Å². The van der Waals surface area contributed by atoms with Crippen LogP contribution < -0.4 is 5.32 Å². The number of hydrogen-bond acceptors (Lipinski definition) is 4. The minimum absolute atomic E-state index is 0.151. The van der Waals surface area contributed by atoms with E-state index in [1.807, 2.05) is 23.1 Å². The van der Waals surface area contributed by atoms with Crippen LogP contribution in [-0.4, -0.2) is 39.9 Å². The Morgan fingerprint density at radius 3 is 2.62 bits per heavy atom. The number of fused-ring (bicyclic) bond motifs is 1. The molecule has 0 radical (unpaired) electrons. The lowest BCUT2D eigenvalue weighted by Gasteiger charge is -2.31. The van der Waals surface area contributed by atoms with E-state index < -0.39 is 0 Å². The average molecular weight is 346 g/mol. The molecular weight excluding hydrogens is 324 g/mol. The van der Waals surface area contributed by atoms with Gasteiger partial charge in [-0.15, -0.1) is 0 Å². The minimum atomic E-state index is 0.151. The Bertz CT molecular complexity index is 932. The van der Waals surface area contributed by atoms with Crippen LogP contribution in [0.15, 0.2) is 54.7 Å². The average Bonchev–Trinajstić information content (AvgIpc) is 2.68. The Kier molecular flexibility index (Phi) is 4.52. The van der Waals surface area contributed by atoms with Crippen molar-refractivity contribution in [1.29, 1.82) is 0 Å². The number of carbonyl (C=O) groups excluding carboxylic acids is 1. The maximum absolute atomic E-state index is 11.4. The summed E-state index contributed by atoms with van der Waals surface area (Å²) in [7, 11) is 0. The molecule has 1 N–H and O–H groups in total. The molecule has 0 saturated carbocycles. The van der Waals surface area contributed by atoms with Gasteiger partial charge in [0.15, 0.2) is 0 Å². The van der Waals surface area contributed by atoms with Crippen molar-refractivity contribution in [3.63, 3.8) is 0 Å². The second-order valence-electron chi connectivity index (χ2n) is 6.75. The lowest BCUT2D eigenvalue weighted by Crippen LogP contribution is -2.41. The summed E-state index contributed by atoms with van der Waals surface area (Å²) >= 11 is 0. The molecule has 1 saturated heterocycles. The van der Waals surface area contributed by atoms with Gasteiger partial charge in [0.2, 0.25) is 11.9 Å². The van der Waals surface area contributed by atoms with Gasteiger partial charge in [-0.2, -0.15) is 0 Å². The number of anilines is 1. The molecule has 0 unspecified atom stereocenters. The first-order chi connectivity index (χ1) is 12.7. The normalized spacial score (nSPS) is 15.2. The highest BCUT2D eigenvalue weighted by molar-refractivity contribution is 5.86. The van der Waals surface area contributed by atoms with Gasteiger partial charge >= 0.3 is 0 Å². The molecule has 0 spiro atoms. The van der Waals surface area contributed by atoms with Crippen LogP contribution in [0, 0.1) is 0 Å². The topological polar surface area (TPSA) is 58.1 Å². The van der Waals surface area contributed by atoms with E-state index >= 15 is 0 Å². The van der Waals surface area contributed by atoms with Gasteiger partial charge in [0.05, 0.1) is 5.69 Å². The van der Waals surface area contributed by atoms with E-state index in [1.54, 1.807) is 13.1 Å². The maximum atomic E-state index is 11.4. The zero-order valence-corrected chi connectivity index (χ0v) is 14.9. The zero-order valence-electron chi connectivity index (χ0n) is 14.9. The Morgan fingerprint density at radius 2 is 1.85 bits per heavy atom. The summed E-state index contributed by atoms with van der Waals surface area (Å²) in [6, 6.07) is 16.9. The highest BCUT2D eigenvalue weighted by Gasteiger charge is 2.21. The van der Waals surface area contributed by atoms with Gasteiger partial charge in [-0.3, -0.25) is 4.79 Å². The molecule has 0 aliphatic carbocycles. The zero-order chi connectivity index (χ0) is 17.9. The van der Waals surface area contributed by atoms with Crippen LogP contribution >= 0.6 is 0 Å². The molecule has 1 aromatic heterocycles. The summed E-state index contributed by atoms with van der Waals surface area (Å²) in [5.41, 5.74) is 2.00. The Balaban J connectivity index is 1.50. The van der Waals surface area contributed by atoms with Gasteiger partial charge in [0, 0.05) is 37.8 Å². The molecule has 0 bridgehead atoms. The van der Waals surface area contributed by atoms with Crippen molar-refractivity contribution in [2.45, 2.75) is 25.8 Å². The van der Waals surface area contributed by atoms with E-state index in [9.17, 15) is 4.79 Å². The van der Waals surface area contributed by atoms with Gasteiger partial charge in [-0.25, -0.2) is 9.97 Å². The third kappa shape index (κ3) is 3.52. The third-order valence-corrected chi connectivity index (χ3v) is 4.97. The number of piperidine rings is 1. The molecule has 2 heterocycles. The first-order valence-corrected chi connectivity index (χ1v) is 9.03. The predicted molar refractivity (Wildman–Crippen MR) is 104 cm³/mol. The van der Waals surface area contributed by atoms with Crippen molar-refractivity contribution >= 4 is 22.6 Å². The van der Waals surface area contributed by atoms with Crippen LogP contribution in [0.1, 0.15) is 19.8 Å². The largest absolute Gasteiger partial charge is 0.351 e. The van der Waals surface area contributed by atoms with Crippen molar-refractivity contribution in [3.8, 4) is 11.3 Å². The van der Waals surface area contributed by atoms with Gasteiger partial charge in [-0.05, 0) is 35.7 Å². The number of benzene rings is 2. The third-order valence-electron chi connectivity index (χ3n) is 4.97. The maximum Gasteiger partial charge on any atom is 0.223 e. The summed E-state index contributed by atoms with van der Waals surface area (Å²) < 4.78 is 0. The fourth-order valence-corrected chi connectivity index (χ4v) is 3.46. The number of hydrogen-bond donors (Lipinski definition) is 1. The number of nitrogens with zero attached hydrogens (tertiary/aromatic N) is 3. The van der Waals surface area contributed by atoms with E-state index in [0.29, 0.717) is 12.0 Å². The molecular formula is C21H22N4O. The first-order valence-electron chi connectivity index (χ1n) is 9.03. The number of likely N-dealkylation sites (tertiary alicyclic amines) is 1. The fraction of sp³-hybridized carbons (Fsp3) is 0.286. The standard InChI is InChI=1S/C21H22N4O/c1-15(26)25-12-9-19(10-13-25)23-21-22-11-8-20(24-21)18-7-6-16-4-2-3-5-17(16)14-18/h2-8,11,14,19H,9-10,12-13H2,1H3,(H,22,23,24). The van der Waals surface area contributed by atoms with E-state index in [1.165, 1.54) is 10.8 Å². The monoisotopic (exact) mass is 346 g/mol. The van der Waals surface area contributed by atoms with Crippen LogP contribution in [0.2, 0.25) is 0 Å². The summed E-state index contributed by atoms with van der Waals surface area (Å²) in [4.78, 5) is 22.4. The first kappa shape index (κ1) is 16.5. The van der Waals surface area contributed by atoms with Crippen LogP contribution in [-0.2, 0) is 4.79 Å². The Hall–Kier alpha value is -2.95. The van der Waals surface area contributed by atoms with Crippen LogP contribution in [0.25, 0.3) is 22.0 Å². The van der Waals surface area contributed by atoms with E-state index in [-0.39, 0.29) is 5.91 Å². The SMILES string of the molecule is CC(=O)N1CCC(Nc2nccc(-c3ccc4ccccc4c3)n2)CC1. The van der Waals surface area contributed by atoms with Gasteiger partial charge in [0.1, 0.15) is 0 Å². The molecule has 5 nitrogen and oxygen atoms in total. The fourth-order valence-electron chi connectivity index (χ4n) is 3.46. The summed E-state index contributed by atoms with van der Waals surface area (Å²) in [5, 5.41) is 5.85. The number of rotatable bonds is 3. The van der Waals surface area contributed by atoms with E-state index in [0.717, 1.165) is 37.2 Å². The molecule has 4 rings (SSSR count). The van der Waals surface area contributed by atoms with Crippen molar-refractivity contribution < 1.29 is 4.79 Å². The summed E-state index contributed by atoms with van der Waals surface area (Å²) in [5.74, 6) is 0.801. The highest BCUT2D eigenvalue weighted by atomic mass is 16.2. The molecule has 1 aliphatic heterocycles. The molecule has 5 heteroatoms. The summed E-state index contributed by atoms with van der Waals surface area (Å²) in [6.45, 7) is 3.21. The number of aromatic nitrogens is 2. The molecule has 26 heavy (non-hydrogen) atoms. The van der Waals surface area contributed by atoms with Crippen molar-refractivity contribution in [2.24, 2.45) is 0 Å². The van der Waals surface area contributed by atoms with Crippen molar-refractivity contribution in [3.05, 3.63) is 54.7 Å². The van der Waals surface area contributed by atoms with Crippen molar-refractivity contribution in [2.75, 3.05) is 18.4 Å². The second-order valence-corrected chi connectivity index (χ2v) is 6.75. The molecule has 0 atom stereocenters. The smallest absolute Gasteiger partial charge is 0.223 e. The lowest BCUT2D eigenvalue weighted by molar-refractivity contribution is -0.129. The Labute approximate surface area is 153 Å². The number of carbonyl (C=O) groups is 1. The van der Waals surface area contributed by atoms with E-state index in [2.05, 4.69) is 40.6 Å². The molecule has 2 aromatic carbocycles. The predicted octanol–water partition coefficient (Wildman–Crippen LogP) is 3.72. The quantitative estimate of drug-likeness (QED) is 0.785. The van der Waals surface area contributed by atoms with Crippen molar-refractivity contribution in [1.82, 2.24) is 14.9 Å². The molecule has 1 fully saturated rings. The molecule has 1 amide bonds. The summed E-state index contributed by atoms with van der Waals surface area (Å²) in [6.07, 6.45) is 3.64. The molecule has 132 valence electrons. The lowest BCUT2D eigenvalue weighted by atomic mass is 10.0. The molecule has 3 aromatic rings. The minimum Gasteiger partial charge on any atom is -0.351 e. The molecule has 1 aliphatic rings. The van der Waals surface area contributed by atoms with Gasteiger partial charge in [0.25, 0.3) is 0 Å². The highest BCUT2D eigenvalue weighted by Crippen LogP contribution is 2.24. The Morgan fingerprint density at radius 1 is 1.08 bits per heavy atom. The second kappa shape index (κ2) is 7.12. The van der Waals surface area contributed by atoms with E-state index in [4.69, 9.17) is 4.98 Å². The number of nitrogens with one attached hydrogen (secondary N) is 1. The van der Waals surface area contributed by atoms with Crippen LogP contribution in [0.3, 0.4) is 0 Å². The van der Waals surface area contributed by atoms with Crippen LogP contribution in [0.5, 0.6) is 0 Å². The van der Waals surface area contributed by atoms with Gasteiger partial charge in [-0.1, -0.05) is 36.4 Å². The number of amides is 1.